The molecule has 0 spiro atoms. The van der Waals surface area contributed by atoms with Crippen molar-refractivity contribution >= 4 is 11.0 Å². The highest BCUT2D eigenvalue weighted by molar-refractivity contribution is 5.71. The molecule has 0 amide bonds. The molecule has 2 rings (SSSR count). The molecular weight excluding hydrogens is 268 g/mol. The Labute approximate surface area is 107 Å². The average Bonchev–Trinajstić information content (AvgIpc) is 2.54. The van der Waals surface area contributed by atoms with E-state index in [2.05, 4.69) is 53.7 Å². The summed E-state index contributed by atoms with van der Waals surface area (Å²) in [6.45, 7) is 3.35. The van der Waals surface area contributed by atoms with Crippen LogP contribution in [-0.2, 0) is 13.6 Å². The van der Waals surface area contributed by atoms with Gasteiger partial charge < -0.3 is 22.5 Å². The zero-order valence-electron chi connectivity index (χ0n) is 9.78. The van der Waals surface area contributed by atoms with Crippen LogP contribution in [0.15, 0.2) is 30.6 Å². The van der Waals surface area contributed by atoms with E-state index >= 15 is 0 Å². The van der Waals surface area contributed by atoms with E-state index in [0.717, 1.165) is 6.54 Å². The Morgan fingerprint density at radius 2 is 1.94 bits per heavy atom. The first-order valence-corrected chi connectivity index (χ1v) is 5.26. The van der Waals surface area contributed by atoms with Crippen molar-refractivity contribution in [2.45, 2.75) is 26.3 Å². The fourth-order valence-corrected chi connectivity index (χ4v) is 1.85. The van der Waals surface area contributed by atoms with Crippen LogP contribution in [0.3, 0.4) is 0 Å². The van der Waals surface area contributed by atoms with Gasteiger partial charge in [-0.05, 0) is 18.6 Å². The van der Waals surface area contributed by atoms with Crippen LogP contribution in [-0.4, -0.2) is 10.0 Å². The molecule has 2 aromatic rings. The summed E-state index contributed by atoms with van der Waals surface area (Å²) in [5, 5.41) is 0. The topological polar surface area (TPSA) is 40.3 Å². The van der Waals surface area contributed by atoms with E-state index in [1.165, 1.54) is 23.9 Å². The van der Waals surface area contributed by atoms with Gasteiger partial charge in [0.2, 0.25) is 6.33 Å². The van der Waals surface area contributed by atoms with Gasteiger partial charge in [-0.15, -0.1) is 0 Å². The molecule has 2 N–H and O–H groups in total. The summed E-state index contributed by atoms with van der Waals surface area (Å²) in [5.41, 5.74) is 2.65. The molecule has 0 bridgehead atoms. The minimum absolute atomic E-state index is 0. The second kappa shape index (κ2) is 6.66. The van der Waals surface area contributed by atoms with Crippen LogP contribution in [0.25, 0.3) is 11.0 Å². The van der Waals surface area contributed by atoms with Crippen LogP contribution < -0.4 is 21.5 Å². The molecule has 1 aromatic carbocycles. The molecule has 3 nitrogen and oxygen atoms in total. The highest BCUT2D eigenvalue weighted by Crippen LogP contribution is 2.10. The third kappa shape index (κ3) is 2.83. The molecule has 0 aliphatic carbocycles. The van der Waals surface area contributed by atoms with E-state index in [0.29, 0.717) is 0 Å². The number of aryl methyl sites for hydroxylation is 2. The van der Waals surface area contributed by atoms with Gasteiger partial charge in [0.1, 0.15) is 0 Å². The van der Waals surface area contributed by atoms with Gasteiger partial charge in [-0.1, -0.05) is 25.5 Å². The molecule has 0 fully saturated rings. The second-order valence-electron chi connectivity index (χ2n) is 3.76. The Bertz CT molecular complexity index is 440. The first-order valence-electron chi connectivity index (χ1n) is 5.26. The van der Waals surface area contributed by atoms with Crippen molar-refractivity contribution in [1.29, 1.82) is 0 Å². The molecular formula is C12H19BrN2O. The molecule has 0 aliphatic heterocycles. The molecule has 0 aliphatic rings. The molecule has 0 saturated heterocycles. The van der Waals surface area contributed by atoms with Crippen molar-refractivity contribution in [2.24, 2.45) is 7.05 Å². The summed E-state index contributed by atoms with van der Waals surface area (Å²) in [4.78, 5) is 0. The minimum Gasteiger partial charge on any atom is -1.00 e. The van der Waals surface area contributed by atoms with Gasteiger partial charge in [0, 0.05) is 0 Å². The number of unbranched alkanes of at least 4 members (excludes halogenated alkanes) is 1. The van der Waals surface area contributed by atoms with Crippen molar-refractivity contribution in [2.75, 3.05) is 0 Å². The maximum Gasteiger partial charge on any atom is 0.244 e. The monoisotopic (exact) mass is 286 g/mol. The number of rotatable bonds is 3. The molecule has 16 heavy (non-hydrogen) atoms. The lowest BCUT2D eigenvalue weighted by Crippen LogP contribution is -3.00. The quantitative estimate of drug-likeness (QED) is 0.613. The van der Waals surface area contributed by atoms with Crippen LogP contribution >= 0.6 is 0 Å². The van der Waals surface area contributed by atoms with Gasteiger partial charge >= 0.3 is 0 Å². The molecule has 0 unspecified atom stereocenters. The summed E-state index contributed by atoms with van der Waals surface area (Å²) >= 11 is 0. The highest BCUT2D eigenvalue weighted by Gasteiger charge is 2.10. The predicted molar refractivity (Wildman–Crippen MR) is 61.6 cm³/mol. The SMILES string of the molecule is CCCCn1c[n+](C)c2ccccc21.O.[Br-]. The Morgan fingerprint density at radius 3 is 2.62 bits per heavy atom. The predicted octanol–water partition coefficient (Wildman–Crippen LogP) is -1.55. The van der Waals surface area contributed by atoms with E-state index in [-0.39, 0.29) is 22.5 Å². The smallest absolute Gasteiger partial charge is 0.244 e. The largest absolute Gasteiger partial charge is 1.00 e. The van der Waals surface area contributed by atoms with Gasteiger partial charge in [-0.3, -0.25) is 0 Å². The lowest BCUT2D eigenvalue weighted by Gasteiger charge is -1.94. The summed E-state index contributed by atoms with van der Waals surface area (Å²) in [6, 6.07) is 8.54. The number of nitrogens with zero attached hydrogens (tertiary/aromatic N) is 2. The van der Waals surface area contributed by atoms with E-state index < -0.39 is 0 Å². The number of benzene rings is 1. The van der Waals surface area contributed by atoms with Crippen LogP contribution in [0.2, 0.25) is 0 Å². The number of hydrogen-bond donors (Lipinski definition) is 0. The van der Waals surface area contributed by atoms with Crippen LogP contribution in [0, 0.1) is 0 Å². The average molecular weight is 287 g/mol. The zero-order chi connectivity index (χ0) is 9.97. The van der Waals surface area contributed by atoms with Gasteiger partial charge in [0.05, 0.1) is 13.6 Å². The number of para-hydroxylation sites is 2. The highest BCUT2D eigenvalue weighted by atomic mass is 79.9. The van der Waals surface area contributed by atoms with Gasteiger partial charge in [0.25, 0.3) is 0 Å². The summed E-state index contributed by atoms with van der Waals surface area (Å²) in [5.74, 6) is 0. The van der Waals surface area contributed by atoms with Crippen LogP contribution in [0.4, 0.5) is 0 Å². The Balaban J connectivity index is 0.00000112. The van der Waals surface area contributed by atoms with Gasteiger partial charge in [-0.25, -0.2) is 9.13 Å². The maximum absolute atomic E-state index is 2.33. The Hall–Kier alpha value is -0.870. The van der Waals surface area contributed by atoms with Crippen molar-refractivity contribution < 1.29 is 27.0 Å². The molecule has 90 valence electrons. The molecule has 0 atom stereocenters. The van der Waals surface area contributed by atoms with Crippen molar-refractivity contribution in [3.8, 4) is 0 Å². The summed E-state index contributed by atoms with van der Waals surface area (Å²) in [6.07, 6.45) is 4.68. The first-order chi connectivity index (χ1) is 6.83. The first kappa shape index (κ1) is 15.1. The van der Waals surface area contributed by atoms with Crippen molar-refractivity contribution in [3.05, 3.63) is 30.6 Å². The van der Waals surface area contributed by atoms with E-state index in [4.69, 9.17) is 0 Å². The normalized spacial score (nSPS) is 9.62. The van der Waals surface area contributed by atoms with Gasteiger partial charge in [0.15, 0.2) is 11.0 Å². The fraction of sp³-hybridized carbons (Fsp3) is 0.417. The fourth-order valence-electron chi connectivity index (χ4n) is 1.85. The van der Waals surface area contributed by atoms with E-state index in [1.54, 1.807) is 0 Å². The molecule has 1 aromatic heterocycles. The van der Waals surface area contributed by atoms with Crippen LogP contribution in [0.5, 0.6) is 0 Å². The molecule has 0 radical (unpaired) electrons. The number of halogens is 1. The standard InChI is InChI=1S/C12H17N2.BrH.H2O/c1-3-4-9-14-10-13(2)11-7-5-6-8-12(11)14;;/h5-8,10H,3-4,9H2,1-2H3;1H;1H2/q+1;;/p-1. The third-order valence-electron chi connectivity index (χ3n) is 2.64. The lowest BCUT2D eigenvalue weighted by molar-refractivity contribution is -0.645. The maximum atomic E-state index is 2.33. The molecule has 0 saturated carbocycles. The Kier molecular flexibility index (Phi) is 6.29. The number of hydrogen-bond acceptors (Lipinski definition) is 0. The zero-order valence-corrected chi connectivity index (χ0v) is 11.4. The lowest BCUT2D eigenvalue weighted by atomic mass is 10.3. The third-order valence-corrected chi connectivity index (χ3v) is 2.64. The minimum atomic E-state index is 0. The summed E-state index contributed by atoms with van der Waals surface area (Å²) in [7, 11) is 2.10. The summed E-state index contributed by atoms with van der Waals surface area (Å²) < 4.78 is 4.52. The number of fused-ring (bicyclic) bond motifs is 1. The molecule has 1 heterocycles. The second-order valence-corrected chi connectivity index (χ2v) is 3.76. The Morgan fingerprint density at radius 1 is 1.25 bits per heavy atom. The molecule has 4 heteroatoms. The van der Waals surface area contributed by atoms with E-state index in [1.807, 2.05) is 0 Å². The van der Waals surface area contributed by atoms with Gasteiger partial charge in [-0.2, -0.15) is 0 Å². The number of imidazole rings is 1. The number of aromatic nitrogens is 2. The van der Waals surface area contributed by atoms with Crippen molar-refractivity contribution in [1.82, 2.24) is 4.57 Å². The van der Waals surface area contributed by atoms with Crippen molar-refractivity contribution in [3.63, 3.8) is 0 Å². The van der Waals surface area contributed by atoms with E-state index in [9.17, 15) is 0 Å². The van der Waals surface area contributed by atoms with Crippen LogP contribution in [0.1, 0.15) is 19.8 Å².